The third-order valence-corrected chi connectivity index (χ3v) is 3.33. The molecular weight excluding hydrogens is 212 g/mol. The van der Waals surface area contributed by atoms with Gasteiger partial charge in [-0.05, 0) is 56.7 Å². The zero-order chi connectivity index (χ0) is 12.4. The van der Waals surface area contributed by atoms with Gasteiger partial charge in [0.2, 0.25) is 0 Å². The molecule has 1 aliphatic carbocycles. The summed E-state index contributed by atoms with van der Waals surface area (Å²) in [5.41, 5.74) is 3.14. The summed E-state index contributed by atoms with van der Waals surface area (Å²) in [4.78, 5) is 11.8. The van der Waals surface area contributed by atoms with Crippen LogP contribution < -0.4 is 10.6 Å². The SMILES string of the molecule is Cc1ccc(C)c(NC(=O)NC(C)C2CC2)c1. The number of hydrogen-bond donors (Lipinski definition) is 2. The van der Waals surface area contributed by atoms with E-state index in [1.165, 1.54) is 12.8 Å². The molecule has 0 aliphatic heterocycles. The third kappa shape index (κ3) is 3.22. The Kier molecular flexibility index (Phi) is 3.36. The molecule has 2 amide bonds. The highest BCUT2D eigenvalue weighted by molar-refractivity contribution is 5.90. The van der Waals surface area contributed by atoms with Gasteiger partial charge in [0.25, 0.3) is 0 Å². The Morgan fingerprint density at radius 2 is 2.06 bits per heavy atom. The van der Waals surface area contributed by atoms with Gasteiger partial charge in [0.15, 0.2) is 0 Å². The second-order valence-corrected chi connectivity index (χ2v) is 5.04. The number of benzene rings is 1. The summed E-state index contributed by atoms with van der Waals surface area (Å²) in [5.74, 6) is 0.680. The highest BCUT2D eigenvalue weighted by Gasteiger charge is 2.28. The van der Waals surface area contributed by atoms with Crippen LogP contribution in [-0.2, 0) is 0 Å². The molecule has 1 atom stereocenters. The lowest BCUT2D eigenvalue weighted by atomic mass is 10.1. The number of nitrogens with one attached hydrogen (secondary N) is 2. The first-order valence-corrected chi connectivity index (χ1v) is 6.21. The first-order valence-electron chi connectivity index (χ1n) is 6.21. The van der Waals surface area contributed by atoms with Crippen molar-refractivity contribution < 1.29 is 4.79 Å². The van der Waals surface area contributed by atoms with Crippen molar-refractivity contribution in [3.05, 3.63) is 29.3 Å². The lowest BCUT2D eigenvalue weighted by Crippen LogP contribution is -2.37. The normalized spacial score (nSPS) is 16.4. The molecule has 2 rings (SSSR count). The first-order chi connectivity index (χ1) is 8.06. The van der Waals surface area contributed by atoms with Crippen LogP contribution in [0.4, 0.5) is 10.5 Å². The smallest absolute Gasteiger partial charge is 0.319 e. The summed E-state index contributed by atoms with van der Waals surface area (Å²) in [5, 5.41) is 5.90. The topological polar surface area (TPSA) is 41.1 Å². The molecule has 0 heterocycles. The molecule has 1 unspecified atom stereocenters. The van der Waals surface area contributed by atoms with Crippen molar-refractivity contribution >= 4 is 11.7 Å². The molecule has 92 valence electrons. The highest BCUT2D eigenvalue weighted by atomic mass is 16.2. The molecule has 0 bridgehead atoms. The van der Waals surface area contributed by atoms with Gasteiger partial charge in [-0.2, -0.15) is 0 Å². The summed E-state index contributed by atoms with van der Waals surface area (Å²) in [6.45, 7) is 6.09. The summed E-state index contributed by atoms with van der Waals surface area (Å²) < 4.78 is 0. The standard InChI is InChI=1S/C14H20N2O/c1-9-4-5-10(2)13(8-9)16-14(17)15-11(3)12-6-7-12/h4-5,8,11-12H,6-7H2,1-3H3,(H2,15,16,17). The van der Waals surface area contributed by atoms with Crippen LogP contribution in [0.5, 0.6) is 0 Å². The van der Waals surface area contributed by atoms with Crippen molar-refractivity contribution in [1.82, 2.24) is 5.32 Å². The summed E-state index contributed by atoms with van der Waals surface area (Å²) >= 11 is 0. The van der Waals surface area contributed by atoms with Crippen LogP contribution in [0.2, 0.25) is 0 Å². The predicted molar refractivity (Wildman–Crippen MR) is 70.3 cm³/mol. The maximum atomic E-state index is 11.8. The molecule has 17 heavy (non-hydrogen) atoms. The van der Waals surface area contributed by atoms with Gasteiger partial charge in [-0.1, -0.05) is 12.1 Å². The Morgan fingerprint density at radius 3 is 2.71 bits per heavy atom. The predicted octanol–water partition coefficient (Wildman–Crippen LogP) is 3.22. The van der Waals surface area contributed by atoms with Gasteiger partial charge in [0.1, 0.15) is 0 Å². The van der Waals surface area contributed by atoms with E-state index in [-0.39, 0.29) is 12.1 Å². The fourth-order valence-corrected chi connectivity index (χ4v) is 1.95. The molecule has 1 fully saturated rings. The van der Waals surface area contributed by atoms with Crippen molar-refractivity contribution in [2.24, 2.45) is 5.92 Å². The van der Waals surface area contributed by atoms with Crippen LogP contribution in [0.25, 0.3) is 0 Å². The fourth-order valence-electron chi connectivity index (χ4n) is 1.95. The van der Waals surface area contributed by atoms with E-state index in [1.807, 2.05) is 32.0 Å². The largest absolute Gasteiger partial charge is 0.335 e. The number of carbonyl (C=O) groups is 1. The summed E-state index contributed by atoms with van der Waals surface area (Å²) in [6, 6.07) is 6.25. The Labute approximate surface area is 103 Å². The fraction of sp³-hybridized carbons (Fsp3) is 0.500. The van der Waals surface area contributed by atoms with Gasteiger partial charge in [0, 0.05) is 11.7 Å². The van der Waals surface area contributed by atoms with E-state index >= 15 is 0 Å². The average molecular weight is 232 g/mol. The summed E-state index contributed by atoms with van der Waals surface area (Å²) in [7, 11) is 0. The van der Waals surface area contributed by atoms with Crippen LogP contribution in [0.3, 0.4) is 0 Å². The second kappa shape index (κ2) is 4.78. The quantitative estimate of drug-likeness (QED) is 0.825. The Morgan fingerprint density at radius 1 is 1.35 bits per heavy atom. The van der Waals surface area contributed by atoms with Crippen molar-refractivity contribution in [3.63, 3.8) is 0 Å². The molecule has 0 spiro atoms. The number of anilines is 1. The maximum absolute atomic E-state index is 11.8. The highest BCUT2D eigenvalue weighted by Crippen LogP contribution is 2.32. The van der Waals surface area contributed by atoms with E-state index in [4.69, 9.17) is 0 Å². The number of hydrogen-bond acceptors (Lipinski definition) is 1. The van der Waals surface area contributed by atoms with Crippen LogP contribution in [0, 0.1) is 19.8 Å². The third-order valence-electron chi connectivity index (χ3n) is 3.33. The molecule has 0 aromatic heterocycles. The molecule has 3 heteroatoms. The van der Waals surface area contributed by atoms with E-state index in [1.54, 1.807) is 0 Å². The van der Waals surface area contributed by atoms with E-state index in [2.05, 4.69) is 17.6 Å². The second-order valence-electron chi connectivity index (χ2n) is 5.04. The Balaban J connectivity index is 1.94. The van der Waals surface area contributed by atoms with Crippen LogP contribution in [-0.4, -0.2) is 12.1 Å². The first kappa shape index (κ1) is 12.0. The number of urea groups is 1. The van der Waals surface area contributed by atoms with Gasteiger partial charge in [-0.15, -0.1) is 0 Å². The zero-order valence-corrected chi connectivity index (χ0v) is 10.7. The number of amides is 2. The molecular formula is C14H20N2O. The van der Waals surface area contributed by atoms with Crippen molar-refractivity contribution in [3.8, 4) is 0 Å². The minimum absolute atomic E-state index is 0.0990. The number of aryl methyl sites for hydroxylation is 2. The molecule has 1 saturated carbocycles. The molecule has 0 radical (unpaired) electrons. The van der Waals surface area contributed by atoms with E-state index < -0.39 is 0 Å². The Hall–Kier alpha value is -1.51. The average Bonchev–Trinajstić information content (AvgIpc) is 3.06. The van der Waals surface area contributed by atoms with Crippen molar-refractivity contribution in [2.75, 3.05) is 5.32 Å². The Bertz CT molecular complexity index is 424. The van der Waals surface area contributed by atoms with Crippen LogP contribution in [0.15, 0.2) is 18.2 Å². The molecule has 0 saturated heterocycles. The lowest BCUT2D eigenvalue weighted by molar-refractivity contribution is 0.248. The van der Waals surface area contributed by atoms with E-state index in [0.717, 1.165) is 16.8 Å². The monoisotopic (exact) mass is 232 g/mol. The van der Waals surface area contributed by atoms with E-state index in [9.17, 15) is 4.79 Å². The van der Waals surface area contributed by atoms with Gasteiger partial charge >= 0.3 is 6.03 Å². The number of carbonyl (C=O) groups excluding carboxylic acids is 1. The number of rotatable bonds is 3. The van der Waals surface area contributed by atoms with Crippen LogP contribution >= 0.6 is 0 Å². The van der Waals surface area contributed by atoms with Crippen molar-refractivity contribution in [2.45, 2.75) is 39.7 Å². The molecule has 1 aromatic rings. The van der Waals surface area contributed by atoms with Gasteiger partial charge in [0.05, 0.1) is 0 Å². The summed E-state index contributed by atoms with van der Waals surface area (Å²) in [6.07, 6.45) is 2.48. The molecule has 3 nitrogen and oxygen atoms in total. The minimum atomic E-state index is -0.0990. The van der Waals surface area contributed by atoms with Gasteiger partial charge in [-0.3, -0.25) is 0 Å². The van der Waals surface area contributed by atoms with Gasteiger partial charge in [-0.25, -0.2) is 4.79 Å². The maximum Gasteiger partial charge on any atom is 0.319 e. The lowest BCUT2D eigenvalue weighted by Gasteiger charge is -2.15. The minimum Gasteiger partial charge on any atom is -0.335 e. The van der Waals surface area contributed by atoms with Crippen molar-refractivity contribution in [1.29, 1.82) is 0 Å². The molecule has 1 aromatic carbocycles. The zero-order valence-electron chi connectivity index (χ0n) is 10.7. The molecule has 1 aliphatic rings. The van der Waals surface area contributed by atoms with Gasteiger partial charge < -0.3 is 10.6 Å². The molecule has 2 N–H and O–H groups in total. The van der Waals surface area contributed by atoms with E-state index in [0.29, 0.717) is 5.92 Å². The van der Waals surface area contributed by atoms with Crippen LogP contribution in [0.1, 0.15) is 30.9 Å².